The molecule has 0 spiro atoms. The maximum atomic E-state index is 11.4. The van der Waals surface area contributed by atoms with Gasteiger partial charge in [-0.25, -0.2) is 4.79 Å². The van der Waals surface area contributed by atoms with E-state index in [0.717, 1.165) is 5.56 Å². The van der Waals surface area contributed by atoms with Gasteiger partial charge in [-0.1, -0.05) is 6.07 Å². The lowest BCUT2D eigenvalue weighted by molar-refractivity contribution is -0.143. The second-order valence-electron chi connectivity index (χ2n) is 4.02. The van der Waals surface area contributed by atoms with Gasteiger partial charge in [0.1, 0.15) is 13.2 Å². The summed E-state index contributed by atoms with van der Waals surface area (Å²) in [5.74, 6) is 0.405. The van der Waals surface area contributed by atoms with Gasteiger partial charge in [-0.3, -0.25) is 4.79 Å². The predicted molar refractivity (Wildman–Crippen MR) is 71.5 cm³/mol. The average molecular weight is 277 g/mol. The van der Waals surface area contributed by atoms with Crippen LogP contribution in [0.2, 0.25) is 0 Å². The lowest BCUT2D eigenvalue weighted by Crippen LogP contribution is -2.24. The number of likely N-dealkylation sites (N-methyl/N-ethyl adjacent to an activating group) is 1. The molecular formula is C14H15NO5. The smallest absolute Gasteiger partial charge is 0.331 e. The highest BCUT2D eigenvalue weighted by Gasteiger charge is 2.10. The molecule has 0 fully saturated rings. The van der Waals surface area contributed by atoms with Crippen molar-refractivity contribution in [3.05, 3.63) is 29.8 Å². The summed E-state index contributed by atoms with van der Waals surface area (Å²) in [6, 6.07) is 5.36. The Kier molecular flexibility index (Phi) is 4.60. The molecule has 0 unspecified atom stereocenters. The van der Waals surface area contributed by atoms with E-state index < -0.39 is 5.97 Å². The van der Waals surface area contributed by atoms with Crippen molar-refractivity contribution in [3.8, 4) is 11.5 Å². The van der Waals surface area contributed by atoms with Crippen LogP contribution in [0.4, 0.5) is 0 Å². The van der Waals surface area contributed by atoms with E-state index in [9.17, 15) is 9.59 Å². The Morgan fingerprint density at radius 3 is 2.80 bits per heavy atom. The van der Waals surface area contributed by atoms with Gasteiger partial charge >= 0.3 is 5.97 Å². The third-order valence-corrected chi connectivity index (χ3v) is 2.60. The van der Waals surface area contributed by atoms with Crippen molar-refractivity contribution in [1.29, 1.82) is 0 Å². The summed E-state index contributed by atoms with van der Waals surface area (Å²) >= 11 is 0. The van der Waals surface area contributed by atoms with Crippen LogP contribution in [-0.4, -0.2) is 38.7 Å². The first-order valence-corrected chi connectivity index (χ1v) is 6.14. The second-order valence-corrected chi connectivity index (χ2v) is 4.02. The Morgan fingerprint density at radius 2 is 2.05 bits per heavy atom. The molecule has 1 heterocycles. The highest BCUT2D eigenvalue weighted by atomic mass is 16.6. The Bertz CT molecular complexity index is 538. The number of nitrogens with one attached hydrogen (secondary N) is 1. The molecule has 1 aromatic rings. The molecule has 106 valence electrons. The highest BCUT2D eigenvalue weighted by molar-refractivity contribution is 5.89. The lowest BCUT2D eigenvalue weighted by atomic mass is 10.2. The van der Waals surface area contributed by atoms with Crippen LogP contribution in [0.3, 0.4) is 0 Å². The first-order chi connectivity index (χ1) is 9.69. The number of esters is 1. The first-order valence-electron chi connectivity index (χ1n) is 6.14. The van der Waals surface area contributed by atoms with E-state index >= 15 is 0 Å². The molecular weight excluding hydrogens is 262 g/mol. The van der Waals surface area contributed by atoms with Gasteiger partial charge in [0.15, 0.2) is 18.1 Å². The minimum Gasteiger partial charge on any atom is -0.486 e. The van der Waals surface area contributed by atoms with Crippen LogP contribution in [0.1, 0.15) is 5.56 Å². The number of hydrogen-bond acceptors (Lipinski definition) is 5. The zero-order valence-corrected chi connectivity index (χ0v) is 11.0. The summed E-state index contributed by atoms with van der Waals surface area (Å²) in [5.41, 5.74) is 0.783. The molecule has 1 N–H and O–H groups in total. The van der Waals surface area contributed by atoms with E-state index in [0.29, 0.717) is 24.7 Å². The molecule has 0 aromatic heterocycles. The molecule has 0 saturated heterocycles. The number of rotatable bonds is 4. The van der Waals surface area contributed by atoms with Crippen molar-refractivity contribution < 1.29 is 23.8 Å². The monoisotopic (exact) mass is 277 g/mol. The number of benzene rings is 1. The molecule has 0 saturated carbocycles. The number of hydrogen-bond donors (Lipinski definition) is 1. The summed E-state index contributed by atoms with van der Waals surface area (Å²) < 4.78 is 15.6. The lowest BCUT2D eigenvalue weighted by Gasteiger charge is -2.18. The maximum absolute atomic E-state index is 11.4. The third-order valence-electron chi connectivity index (χ3n) is 2.60. The molecule has 0 aliphatic carbocycles. The average Bonchev–Trinajstić information content (AvgIpc) is 2.50. The summed E-state index contributed by atoms with van der Waals surface area (Å²) in [4.78, 5) is 22.3. The fourth-order valence-corrected chi connectivity index (χ4v) is 1.58. The number of carbonyl (C=O) groups is 2. The number of carbonyl (C=O) groups excluding carboxylic acids is 2. The predicted octanol–water partition coefficient (Wildman–Crippen LogP) is 0.760. The van der Waals surface area contributed by atoms with Gasteiger partial charge in [0.25, 0.3) is 5.91 Å². The van der Waals surface area contributed by atoms with Gasteiger partial charge in [0, 0.05) is 13.1 Å². The standard InChI is InChI=1S/C14H15NO5/c1-15-13(16)9-20-14(17)5-3-10-2-4-11-12(8-10)19-7-6-18-11/h2-5,8H,6-7,9H2,1H3,(H,15,16)/b5-3+. The molecule has 1 amide bonds. The minimum absolute atomic E-state index is 0.291. The van der Waals surface area contributed by atoms with E-state index in [4.69, 9.17) is 14.2 Å². The number of fused-ring (bicyclic) bond motifs is 1. The SMILES string of the molecule is CNC(=O)COC(=O)/C=C/c1ccc2c(c1)OCCO2. The zero-order chi connectivity index (χ0) is 14.4. The van der Waals surface area contributed by atoms with Gasteiger partial charge in [-0.05, 0) is 23.8 Å². The van der Waals surface area contributed by atoms with Crippen LogP contribution in [0.25, 0.3) is 6.08 Å². The van der Waals surface area contributed by atoms with Gasteiger partial charge < -0.3 is 19.5 Å². The molecule has 2 rings (SSSR count). The fraction of sp³-hybridized carbons (Fsp3) is 0.286. The van der Waals surface area contributed by atoms with Gasteiger partial charge in [-0.15, -0.1) is 0 Å². The molecule has 0 bridgehead atoms. The third kappa shape index (κ3) is 3.74. The summed E-state index contributed by atoms with van der Waals surface area (Å²) in [5, 5.41) is 2.36. The Labute approximate surface area is 116 Å². The summed E-state index contributed by atoms with van der Waals surface area (Å²) in [6.45, 7) is 0.753. The zero-order valence-electron chi connectivity index (χ0n) is 11.0. The molecule has 0 radical (unpaired) electrons. The van der Waals surface area contributed by atoms with Crippen molar-refractivity contribution >= 4 is 18.0 Å². The highest BCUT2D eigenvalue weighted by Crippen LogP contribution is 2.31. The largest absolute Gasteiger partial charge is 0.486 e. The van der Waals surface area contributed by atoms with Gasteiger partial charge in [-0.2, -0.15) is 0 Å². The quantitative estimate of drug-likeness (QED) is 0.649. The van der Waals surface area contributed by atoms with Crippen molar-refractivity contribution in [3.63, 3.8) is 0 Å². The number of amides is 1. The molecule has 0 atom stereocenters. The molecule has 1 aromatic carbocycles. The minimum atomic E-state index is -0.580. The summed E-state index contributed by atoms with van der Waals surface area (Å²) in [6.07, 6.45) is 2.85. The van der Waals surface area contributed by atoms with Crippen molar-refractivity contribution in [1.82, 2.24) is 5.32 Å². The molecule has 1 aliphatic heterocycles. The normalized spacial score (nSPS) is 13.1. The topological polar surface area (TPSA) is 73.9 Å². The van der Waals surface area contributed by atoms with Crippen LogP contribution in [0, 0.1) is 0 Å². The Hall–Kier alpha value is -2.50. The van der Waals surface area contributed by atoms with Crippen LogP contribution in [0.15, 0.2) is 24.3 Å². The second kappa shape index (κ2) is 6.60. The molecule has 6 heteroatoms. The maximum Gasteiger partial charge on any atom is 0.331 e. The van der Waals surface area contributed by atoms with E-state index in [-0.39, 0.29) is 12.5 Å². The van der Waals surface area contributed by atoms with Crippen molar-refractivity contribution in [2.45, 2.75) is 0 Å². The van der Waals surface area contributed by atoms with Crippen LogP contribution >= 0.6 is 0 Å². The number of ether oxygens (including phenoxy) is 3. The van der Waals surface area contributed by atoms with Crippen LogP contribution in [-0.2, 0) is 14.3 Å². The molecule has 6 nitrogen and oxygen atoms in total. The van der Waals surface area contributed by atoms with Crippen molar-refractivity contribution in [2.75, 3.05) is 26.9 Å². The van der Waals surface area contributed by atoms with Gasteiger partial charge in [0.05, 0.1) is 0 Å². The molecule has 20 heavy (non-hydrogen) atoms. The fourth-order valence-electron chi connectivity index (χ4n) is 1.58. The van der Waals surface area contributed by atoms with E-state index in [1.54, 1.807) is 24.3 Å². The van der Waals surface area contributed by atoms with Crippen LogP contribution < -0.4 is 14.8 Å². The van der Waals surface area contributed by atoms with Gasteiger partial charge in [0.2, 0.25) is 0 Å². The van der Waals surface area contributed by atoms with E-state index in [2.05, 4.69) is 5.32 Å². The van der Waals surface area contributed by atoms with E-state index in [1.807, 2.05) is 0 Å². The Balaban J connectivity index is 1.93. The van der Waals surface area contributed by atoms with Crippen molar-refractivity contribution in [2.24, 2.45) is 0 Å². The first kappa shape index (κ1) is 13.9. The summed E-state index contributed by atoms with van der Waals surface area (Å²) in [7, 11) is 1.47. The Morgan fingerprint density at radius 1 is 1.30 bits per heavy atom. The van der Waals surface area contributed by atoms with E-state index in [1.165, 1.54) is 13.1 Å². The van der Waals surface area contributed by atoms with Crippen LogP contribution in [0.5, 0.6) is 11.5 Å². The molecule has 1 aliphatic rings.